The Morgan fingerprint density at radius 2 is 2.00 bits per heavy atom. The van der Waals surface area contributed by atoms with E-state index < -0.39 is 11.7 Å². The van der Waals surface area contributed by atoms with Crippen LogP contribution in [0.15, 0.2) is 24.3 Å². The predicted molar refractivity (Wildman–Crippen MR) is 92.1 cm³/mol. The third kappa shape index (κ3) is 4.88. The molecule has 1 amide bonds. The Kier molecular flexibility index (Phi) is 6.03. The van der Waals surface area contributed by atoms with Crippen LogP contribution in [-0.4, -0.2) is 62.8 Å². The van der Waals surface area contributed by atoms with Crippen LogP contribution in [0.25, 0.3) is 0 Å². The largest absolute Gasteiger partial charge is 0.416 e. The quantitative estimate of drug-likeness (QED) is 0.861. The van der Waals surface area contributed by atoms with E-state index >= 15 is 0 Å². The van der Waals surface area contributed by atoms with Gasteiger partial charge in [0, 0.05) is 45.0 Å². The first-order valence-corrected chi connectivity index (χ1v) is 8.96. The van der Waals surface area contributed by atoms with Crippen LogP contribution < -0.4 is 10.2 Å². The van der Waals surface area contributed by atoms with Gasteiger partial charge in [-0.05, 0) is 31.0 Å². The number of carbonyl (C=O) groups excluding carboxylic acids is 1. The molecule has 0 radical (unpaired) electrons. The van der Waals surface area contributed by atoms with Crippen LogP contribution in [0.1, 0.15) is 18.4 Å². The fourth-order valence-electron chi connectivity index (χ4n) is 3.35. The second-order valence-electron chi connectivity index (χ2n) is 6.68. The highest BCUT2D eigenvalue weighted by molar-refractivity contribution is 5.78. The molecule has 1 aromatic carbocycles. The van der Waals surface area contributed by atoms with Crippen LogP contribution in [-0.2, 0) is 15.7 Å². The molecule has 2 saturated heterocycles. The summed E-state index contributed by atoms with van der Waals surface area (Å²) < 4.78 is 44.0. The number of alkyl halides is 3. The molecule has 5 nitrogen and oxygen atoms in total. The number of hydrogen-bond donors (Lipinski definition) is 1. The van der Waals surface area contributed by atoms with Crippen LogP contribution in [0.2, 0.25) is 0 Å². The summed E-state index contributed by atoms with van der Waals surface area (Å²) in [5.74, 6) is 0.0201. The molecule has 1 aromatic rings. The lowest BCUT2D eigenvalue weighted by atomic mass is 10.1. The fourth-order valence-corrected chi connectivity index (χ4v) is 3.35. The molecule has 0 aromatic heterocycles. The van der Waals surface area contributed by atoms with Crippen molar-refractivity contribution < 1.29 is 22.7 Å². The molecular weight excluding hydrogens is 347 g/mol. The second-order valence-corrected chi connectivity index (χ2v) is 6.68. The highest BCUT2D eigenvalue weighted by Crippen LogP contribution is 2.31. The first-order valence-electron chi connectivity index (χ1n) is 8.96. The number of amides is 1. The summed E-state index contributed by atoms with van der Waals surface area (Å²) in [6, 6.07) is 5.34. The van der Waals surface area contributed by atoms with E-state index in [4.69, 9.17) is 4.74 Å². The molecular formula is C18H24F3N3O2. The van der Waals surface area contributed by atoms with Gasteiger partial charge in [-0.15, -0.1) is 0 Å². The third-order valence-electron chi connectivity index (χ3n) is 4.84. The molecule has 144 valence electrons. The van der Waals surface area contributed by atoms with Gasteiger partial charge in [-0.25, -0.2) is 0 Å². The van der Waals surface area contributed by atoms with Crippen molar-refractivity contribution in [3.05, 3.63) is 29.8 Å². The summed E-state index contributed by atoms with van der Waals surface area (Å²) in [5, 5.41) is 3.14. The van der Waals surface area contributed by atoms with Gasteiger partial charge in [-0.1, -0.05) is 6.07 Å². The van der Waals surface area contributed by atoms with Gasteiger partial charge in [0.2, 0.25) is 5.91 Å². The predicted octanol–water partition coefficient (Wildman–Crippen LogP) is 2.12. The van der Waals surface area contributed by atoms with Crippen LogP contribution >= 0.6 is 0 Å². The van der Waals surface area contributed by atoms with E-state index in [2.05, 4.69) is 5.32 Å². The lowest BCUT2D eigenvalue weighted by Crippen LogP contribution is -2.51. The Balaban J connectivity index is 1.45. The molecule has 2 fully saturated rings. The number of benzene rings is 1. The number of nitrogens with one attached hydrogen (secondary N) is 1. The van der Waals surface area contributed by atoms with E-state index in [0.717, 1.165) is 25.5 Å². The number of halogens is 3. The van der Waals surface area contributed by atoms with Crippen molar-refractivity contribution in [2.45, 2.75) is 25.1 Å². The Bertz CT molecular complexity index is 610. The zero-order valence-electron chi connectivity index (χ0n) is 14.6. The highest BCUT2D eigenvalue weighted by atomic mass is 19.4. The van der Waals surface area contributed by atoms with Gasteiger partial charge in [-0.2, -0.15) is 13.2 Å². The molecule has 0 saturated carbocycles. The molecule has 3 rings (SSSR count). The molecule has 0 bridgehead atoms. The Morgan fingerprint density at radius 3 is 2.65 bits per heavy atom. The van der Waals surface area contributed by atoms with Crippen molar-refractivity contribution in [1.29, 1.82) is 0 Å². The highest BCUT2D eigenvalue weighted by Gasteiger charge is 2.31. The zero-order chi connectivity index (χ0) is 18.6. The normalized spacial score (nSPS) is 21.3. The number of nitrogens with zero attached hydrogens (tertiary/aromatic N) is 2. The number of ether oxygens (including phenoxy) is 1. The van der Waals surface area contributed by atoms with E-state index in [1.165, 1.54) is 12.1 Å². The first kappa shape index (κ1) is 19.0. The van der Waals surface area contributed by atoms with Crippen molar-refractivity contribution >= 4 is 11.6 Å². The van der Waals surface area contributed by atoms with Crippen molar-refractivity contribution in [1.82, 2.24) is 10.2 Å². The monoisotopic (exact) mass is 371 g/mol. The molecule has 2 aliphatic heterocycles. The van der Waals surface area contributed by atoms with Crippen LogP contribution in [0.3, 0.4) is 0 Å². The van der Waals surface area contributed by atoms with Crippen molar-refractivity contribution in [3.63, 3.8) is 0 Å². The minimum atomic E-state index is -4.34. The van der Waals surface area contributed by atoms with E-state index in [1.807, 2.05) is 4.90 Å². The average Bonchev–Trinajstić information content (AvgIpc) is 3.15. The maximum atomic E-state index is 12.8. The van der Waals surface area contributed by atoms with Gasteiger partial charge in [0.15, 0.2) is 0 Å². The van der Waals surface area contributed by atoms with Crippen LogP contribution in [0.4, 0.5) is 18.9 Å². The first-order chi connectivity index (χ1) is 12.4. The Hall–Kier alpha value is -1.80. The topological polar surface area (TPSA) is 44.8 Å². The van der Waals surface area contributed by atoms with Crippen LogP contribution in [0.5, 0.6) is 0 Å². The fraction of sp³-hybridized carbons (Fsp3) is 0.611. The van der Waals surface area contributed by atoms with E-state index in [-0.39, 0.29) is 18.6 Å². The van der Waals surface area contributed by atoms with Gasteiger partial charge in [0.1, 0.15) is 0 Å². The van der Waals surface area contributed by atoms with Gasteiger partial charge >= 0.3 is 6.18 Å². The van der Waals surface area contributed by atoms with E-state index in [0.29, 0.717) is 38.4 Å². The maximum Gasteiger partial charge on any atom is 0.416 e. The summed E-state index contributed by atoms with van der Waals surface area (Å²) in [4.78, 5) is 15.9. The lowest BCUT2D eigenvalue weighted by Gasteiger charge is -2.36. The van der Waals surface area contributed by atoms with Crippen molar-refractivity contribution in [3.8, 4) is 0 Å². The minimum Gasteiger partial charge on any atom is -0.377 e. The molecule has 0 aliphatic carbocycles. The van der Waals surface area contributed by atoms with Crippen LogP contribution in [0, 0.1) is 0 Å². The third-order valence-corrected chi connectivity index (χ3v) is 4.84. The Morgan fingerprint density at radius 1 is 1.23 bits per heavy atom. The SMILES string of the molecule is O=C(CNCC1CCCO1)N1CCN(c2cccc(C(F)(F)F)c2)CC1. The van der Waals surface area contributed by atoms with Gasteiger partial charge in [0.05, 0.1) is 18.2 Å². The Labute approximate surface area is 151 Å². The smallest absolute Gasteiger partial charge is 0.377 e. The van der Waals surface area contributed by atoms with E-state index in [9.17, 15) is 18.0 Å². The second kappa shape index (κ2) is 8.26. The molecule has 2 aliphatic rings. The zero-order valence-corrected chi connectivity index (χ0v) is 14.6. The summed E-state index contributed by atoms with van der Waals surface area (Å²) >= 11 is 0. The number of carbonyl (C=O) groups is 1. The number of piperazine rings is 1. The van der Waals surface area contributed by atoms with E-state index in [1.54, 1.807) is 11.0 Å². The molecule has 2 heterocycles. The maximum absolute atomic E-state index is 12.8. The summed E-state index contributed by atoms with van der Waals surface area (Å²) in [7, 11) is 0. The number of anilines is 1. The summed E-state index contributed by atoms with van der Waals surface area (Å²) in [6.07, 6.45) is -2.06. The average molecular weight is 371 g/mol. The van der Waals surface area contributed by atoms with Gasteiger partial charge in [0.25, 0.3) is 0 Å². The molecule has 1 atom stereocenters. The van der Waals surface area contributed by atoms with Gasteiger partial charge < -0.3 is 19.9 Å². The summed E-state index contributed by atoms with van der Waals surface area (Å²) in [5.41, 5.74) is -0.102. The van der Waals surface area contributed by atoms with Crippen molar-refractivity contribution in [2.24, 2.45) is 0 Å². The number of hydrogen-bond acceptors (Lipinski definition) is 4. The molecule has 1 N–H and O–H groups in total. The van der Waals surface area contributed by atoms with Crippen molar-refractivity contribution in [2.75, 3.05) is 50.8 Å². The molecule has 0 spiro atoms. The lowest BCUT2D eigenvalue weighted by molar-refractivity contribution is -0.137. The molecule has 26 heavy (non-hydrogen) atoms. The molecule has 1 unspecified atom stereocenters. The number of rotatable bonds is 5. The minimum absolute atomic E-state index is 0.0201. The van der Waals surface area contributed by atoms with Gasteiger partial charge in [-0.3, -0.25) is 4.79 Å². The standard InChI is InChI=1S/C18H24F3N3O2/c19-18(20,21)14-3-1-4-15(11-14)23-6-8-24(9-7-23)17(25)13-22-12-16-5-2-10-26-16/h1,3-4,11,16,22H,2,5-10,12-13H2. The molecule has 8 heteroatoms. The summed E-state index contributed by atoms with van der Waals surface area (Å²) in [6.45, 7) is 3.81.